The smallest absolute Gasteiger partial charge is 0.216 e. The van der Waals surface area contributed by atoms with Crippen LogP contribution < -0.4 is 14.2 Å². The predicted octanol–water partition coefficient (Wildman–Crippen LogP) is 4.75. The van der Waals surface area contributed by atoms with Crippen molar-refractivity contribution < 1.29 is 14.2 Å². The van der Waals surface area contributed by atoms with Gasteiger partial charge in [0.05, 0.1) is 32.6 Å². The molecule has 150 valence electrons. The van der Waals surface area contributed by atoms with Crippen molar-refractivity contribution in [3.63, 3.8) is 0 Å². The fraction of sp³-hybridized carbons (Fsp3) is 0.150. The Kier molecular flexibility index (Phi) is 6.69. The zero-order valence-corrected chi connectivity index (χ0v) is 17.6. The van der Waals surface area contributed by atoms with Gasteiger partial charge in [-0.1, -0.05) is 41.9 Å². The molecule has 0 saturated heterocycles. The fourth-order valence-corrected chi connectivity index (χ4v) is 3.00. The summed E-state index contributed by atoms with van der Waals surface area (Å²) in [5.41, 5.74) is 1.64. The molecule has 2 aromatic carbocycles. The van der Waals surface area contributed by atoms with Gasteiger partial charge in [0.2, 0.25) is 10.5 Å². The number of allylic oxidation sites excluding steroid dienone is 1. The highest BCUT2D eigenvalue weighted by Gasteiger charge is 2.17. The third kappa shape index (κ3) is 4.67. The molecule has 0 amide bonds. The van der Waals surface area contributed by atoms with E-state index in [-0.39, 0.29) is 0 Å². The highest BCUT2D eigenvalue weighted by Crippen LogP contribution is 2.40. The number of benzene rings is 2. The monoisotopic (exact) mass is 430 g/mol. The number of methoxy groups -OCH3 is 3. The lowest BCUT2D eigenvalue weighted by molar-refractivity contribution is 0.324. The van der Waals surface area contributed by atoms with Crippen LogP contribution in [0.4, 0.5) is 0 Å². The molecule has 0 fully saturated rings. The van der Waals surface area contributed by atoms with E-state index < -0.39 is 0 Å². The fourth-order valence-electron chi connectivity index (χ4n) is 2.65. The van der Waals surface area contributed by atoms with Gasteiger partial charge in [0.1, 0.15) is 0 Å². The Bertz CT molecular complexity index is 1080. The largest absolute Gasteiger partial charge is 0.493 e. The number of aromatic nitrogens is 3. The molecule has 0 bridgehead atoms. The van der Waals surface area contributed by atoms with E-state index in [2.05, 4.69) is 15.3 Å². The van der Waals surface area contributed by atoms with Crippen molar-refractivity contribution in [1.82, 2.24) is 14.9 Å². The molecule has 9 heteroatoms. The molecule has 1 N–H and O–H groups in total. The van der Waals surface area contributed by atoms with Crippen LogP contribution in [0, 0.1) is 4.77 Å². The molecule has 0 spiro atoms. The molecule has 3 aromatic rings. The number of nitrogens with one attached hydrogen (secondary N) is 1. The minimum absolute atomic E-state index is 0.314. The summed E-state index contributed by atoms with van der Waals surface area (Å²) in [6.45, 7) is 0. The normalized spacial score (nSPS) is 11.7. The summed E-state index contributed by atoms with van der Waals surface area (Å²) >= 11 is 11.6. The zero-order valence-electron chi connectivity index (χ0n) is 16.0. The summed E-state index contributed by atoms with van der Waals surface area (Å²) in [6, 6.07) is 13.2. The van der Waals surface area contributed by atoms with Crippen molar-refractivity contribution in [2.45, 2.75) is 0 Å². The van der Waals surface area contributed by atoms with Crippen LogP contribution in [0.1, 0.15) is 5.56 Å². The van der Waals surface area contributed by atoms with Crippen molar-refractivity contribution in [2.24, 2.45) is 5.10 Å². The second-order valence-electron chi connectivity index (χ2n) is 5.76. The minimum atomic E-state index is 0.314. The zero-order chi connectivity index (χ0) is 20.8. The summed E-state index contributed by atoms with van der Waals surface area (Å²) in [5.74, 6) is 1.94. The van der Waals surface area contributed by atoms with Crippen LogP contribution in [0.15, 0.2) is 52.6 Å². The molecule has 1 aromatic heterocycles. The molecule has 0 saturated carbocycles. The molecule has 29 heavy (non-hydrogen) atoms. The van der Waals surface area contributed by atoms with Gasteiger partial charge in [-0.2, -0.15) is 14.9 Å². The van der Waals surface area contributed by atoms with Crippen molar-refractivity contribution in [2.75, 3.05) is 21.3 Å². The number of hydrogen-bond donors (Lipinski definition) is 1. The van der Waals surface area contributed by atoms with E-state index >= 15 is 0 Å². The molecule has 0 aliphatic heterocycles. The van der Waals surface area contributed by atoms with Gasteiger partial charge in [-0.15, -0.1) is 0 Å². The topological polar surface area (TPSA) is 73.7 Å². The quantitative estimate of drug-likeness (QED) is 0.432. The average Bonchev–Trinajstić information content (AvgIpc) is 3.12. The van der Waals surface area contributed by atoms with Crippen LogP contribution in [0.5, 0.6) is 17.2 Å². The first-order valence-corrected chi connectivity index (χ1v) is 9.30. The molecule has 0 atom stereocenters. The summed E-state index contributed by atoms with van der Waals surface area (Å²) in [4.78, 5) is 0. The van der Waals surface area contributed by atoms with Crippen molar-refractivity contribution in [1.29, 1.82) is 0 Å². The molecule has 7 nitrogen and oxygen atoms in total. The number of hydrogen-bond acceptors (Lipinski definition) is 6. The highest BCUT2D eigenvalue weighted by atomic mass is 35.5. The van der Waals surface area contributed by atoms with Gasteiger partial charge in [0.15, 0.2) is 17.3 Å². The third-order valence-corrected chi connectivity index (χ3v) is 4.44. The molecule has 3 rings (SSSR count). The number of rotatable bonds is 7. The van der Waals surface area contributed by atoms with Crippen molar-refractivity contribution in [3.8, 4) is 28.6 Å². The summed E-state index contributed by atoms with van der Waals surface area (Å²) in [5, 5.41) is 11.8. The second-order valence-corrected chi connectivity index (χ2v) is 6.59. The van der Waals surface area contributed by atoms with Crippen molar-refractivity contribution in [3.05, 3.63) is 57.8 Å². The third-order valence-electron chi connectivity index (χ3n) is 3.97. The minimum Gasteiger partial charge on any atom is -0.493 e. The van der Waals surface area contributed by atoms with Gasteiger partial charge in [-0.25, -0.2) is 5.10 Å². The van der Waals surface area contributed by atoms with E-state index in [0.29, 0.717) is 38.4 Å². The lowest BCUT2D eigenvalue weighted by atomic mass is 10.1. The van der Waals surface area contributed by atoms with E-state index in [1.807, 2.05) is 30.3 Å². The van der Waals surface area contributed by atoms with Crippen LogP contribution in [-0.2, 0) is 0 Å². The lowest BCUT2D eigenvalue weighted by Crippen LogP contribution is -1.98. The Morgan fingerprint density at radius 2 is 1.76 bits per heavy atom. The standard InChI is InChI=1S/C20H19ClN4O3S/c1-26-16-10-14(11-17(27-2)18(16)28-3)19-23-24-20(29)25(19)22-12-15(21)9-13-7-5-4-6-8-13/h4-12H,1-3H3,(H,24,29)/b15-9-,22-12+. The van der Waals surface area contributed by atoms with Crippen molar-refractivity contribution >= 4 is 36.1 Å². The number of nitrogens with zero attached hydrogens (tertiary/aromatic N) is 3. The average molecular weight is 431 g/mol. The van der Waals surface area contributed by atoms with Crippen LogP contribution >= 0.6 is 23.8 Å². The first-order valence-electron chi connectivity index (χ1n) is 8.51. The summed E-state index contributed by atoms with van der Waals surface area (Å²) in [6.07, 6.45) is 3.30. The molecular weight excluding hydrogens is 412 g/mol. The Labute approximate surface area is 178 Å². The maximum Gasteiger partial charge on any atom is 0.216 e. The molecule has 0 unspecified atom stereocenters. The van der Waals surface area contributed by atoms with E-state index in [9.17, 15) is 0 Å². The molecule has 1 heterocycles. The first kappa shape index (κ1) is 20.6. The van der Waals surface area contributed by atoms with Gasteiger partial charge in [0.25, 0.3) is 0 Å². The first-order chi connectivity index (χ1) is 14.1. The lowest BCUT2D eigenvalue weighted by Gasteiger charge is -2.13. The molecule has 0 aliphatic rings. The van der Waals surface area contributed by atoms with Gasteiger partial charge in [-0.3, -0.25) is 0 Å². The van der Waals surface area contributed by atoms with Crippen LogP contribution in [0.25, 0.3) is 17.5 Å². The van der Waals surface area contributed by atoms with E-state index in [1.54, 1.807) is 39.5 Å². The molecular formula is C20H19ClN4O3S. The number of halogens is 1. The van der Waals surface area contributed by atoms with Crippen LogP contribution in [0.2, 0.25) is 0 Å². The second kappa shape index (κ2) is 9.40. The van der Waals surface area contributed by atoms with Gasteiger partial charge in [0, 0.05) is 5.56 Å². The van der Waals surface area contributed by atoms with Gasteiger partial charge in [-0.05, 0) is 36.0 Å². The maximum absolute atomic E-state index is 6.30. The van der Waals surface area contributed by atoms with Gasteiger partial charge < -0.3 is 14.2 Å². The predicted molar refractivity (Wildman–Crippen MR) is 117 cm³/mol. The SMILES string of the molecule is COc1cc(-c2n[nH]c(=S)n2/N=C/C(Cl)=C/c2ccccc2)cc(OC)c1OC. The Hall–Kier alpha value is -3.10. The number of H-pyrrole nitrogens is 1. The number of aromatic amines is 1. The summed E-state index contributed by atoms with van der Waals surface area (Å²) < 4.78 is 18.0. The van der Waals surface area contributed by atoms with E-state index in [1.165, 1.54) is 10.9 Å². The Balaban J connectivity index is 2.00. The molecule has 0 aliphatic carbocycles. The van der Waals surface area contributed by atoms with Crippen LogP contribution in [-0.4, -0.2) is 42.4 Å². The number of ether oxygens (including phenoxy) is 3. The Morgan fingerprint density at radius 1 is 1.10 bits per heavy atom. The van der Waals surface area contributed by atoms with E-state index in [0.717, 1.165) is 5.56 Å². The van der Waals surface area contributed by atoms with Gasteiger partial charge >= 0.3 is 0 Å². The Morgan fingerprint density at radius 3 is 2.34 bits per heavy atom. The molecule has 0 radical (unpaired) electrons. The highest BCUT2D eigenvalue weighted by molar-refractivity contribution is 7.71. The van der Waals surface area contributed by atoms with E-state index in [4.69, 9.17) is 38.0 Å². The summed E-state index contributed by atoms with van der Waals surface area (Å²) in [7, 11) is 4.64. The maximum atomic E-state index is 6.30. The van der Waals surface area contributed by atoms with Crippen LogP contribution in [0.3, 0.4) is 0 Å².